The highest BCUT2D eigenvalue weighted by molar-refractivity contribution is 5.76. The number of aliphatic hydroxyl groups excluding tert-OH is 1. The summed E-state index contributed by atoms with van der Waals surface area (Å²) in [6.07, 6.45) is 6.43. The summed E-state index contributed by atoms with van der Waals surface area (Å²) >= 11 is 0. The minimum atomic E-state index is -0.251. The summed E-state index contributed by atoms with van der Waals surface area (Å²) in [5, 5.41) is 9.95. The van der Waals surface area contributed by atoms with Crippen LogP contribution in [0.5, 0.6) is 0 Å². The van der Waals surface area contributed by atoms with Gasteiger partial charge in [0.15, 0.2) is 0 Å². The van der Waals surface area contributed by atoms with Crippen LogP contribution in [0.3, 0.4) is 0 Å². The van der Waals surface area contributed by atoms with Crippen LogP contribution in [0.4, 0.5) is 0 Å². The highest BCUT2D eigenvalue weighted by Gasteiger charge is 2.37. The summed E-state index contributed by atoms with van der Waals surface area (Å²) in [4.78, 5) is 13.2. The van der Waals surface area contributed by atoms with Gasteiger partial charge in [0, 0.05) is 12.0 Å². The average Bonchev–Trinajstić information content (AvgIpc) is 2.64. The van der Waals surface area contributed by atoms with Crippen molar-refractivity contribution in [1.82, 2.24) is 4.90 Å². The lowest BCUT2D eigenvalue weighted by atomic mass is 9.88. The standard InChI is InChI=1S/C12H22N2O2/c13-12(16)8-14-7-2-1-5-10(14)9-4-3-6-11(9)15/h9-11,15H,1-8H2,(H2,13,16). The first-order valence-corrected chi connectivity index (χ1v) is 6.39. The van der Waals surface area contributed by atoms with Crippen LogP contribution in [0.15, 0.2) is 0 Å². The zero-order valence-corrected chi connectivity index (χ0v) is 9.77. The van der Waals surface area contributed by atoms with Gasteiger partial charge in [-0.25, -0.2) is 0 Å². The van der Waals surface area contributed by atoms with E-state index < -0.39 is 0 Å². The van der Waals surface area contributed by atoms with E-state index in [0.29, 0.717) is 18.5 Å². The number of rotatable bonds is 3. The molecule has 4 nitrogen and oxygen atoms in total. The summed E-state index contributed by atoms with van der Waals surface area (Å²) in [6, 6.07) is 0.374. The summed E-state index contributed by atoms with van der Waals surface area (Å²) < 4.78 is 0. The van der Waals surface area contributed by atoms with E-state index in [2.05, 4.69) is 4.90 Å². The smallest absolute Gasteiger partial charge is 0.231 e. The maximum absolute atomic E-state index is 11.0. The number of carbonyl (C=O) groups excluding carboxylic acids is 1. The molecule has 1 amide bonds. The van der Waals surface area contributed by atoms with Gasteiger partial charge in [-0.05, 0) is 32.2 Å². The quantitative estimate of drug-likeness (QED) is 0.736. The molecule has 2 rings (SSSR count). The minimum Gasteiger partial charge on any atom is -0.393 e. The average molecular weight is 226 g/mol. The van der Waals surface area contributed by atoms with E-state index >= 15 is 0 Å². The van der Waals surface area contributed by atoms with Gasteiger partial charge in [-0.1, -0.05) is 12.8 Å². The van der Waals surface area contributed by atoms with Crippen LogP contribution in [0.25, 0.3) is 0 Å². The van der Waals surface area contributed by atoms with E-state index in [4.69, 9.17) is 5.73 Å². The predicted octanol–water partition coefficient (Wildman–Crippen LogP) is 0.487. The maximum atomic E-state index is 11.0. The Balaban J connectivity index is 2.00. The van der Waals surface area contributed by atoms with Crippen molar-refractivity contribution in [3.8, 4) is 0 Å². The van der Waals surface area contributed by atoms with Crippen molar-refractivity contribution in [2.24, 2.45) is 11.7 Å². The molecule has 0 bridgehead atoms. The van der Waals surface area contributed by atoms with Gasteiger partial charge in [-0.2, -0.15) is 0 Å². The van der Waals surface area contributed by atoms with Gasteiger partial charge < -0.3 is 10.8 Å². The number of primary amides is 1. The van der Waals surface area contributed by atoms with Gasteiger partial charge >= 0.3 is 0 Å². The molecule has 3 atom stereocenters. The van der Waals surface area contributed by atoms with Gasteiger partial charge in [-0.15, -0.1) is 0 Å². The van der Waals surface area contributed by atoms with Crippen LogP contribution in [0.1, 0.15) is 38.5 Å². The summed E-state index contributed by atoms with van der Waals surface area (Å²) in [5.41, 5.74) is 5.28. The third-order valence-corrected chi connectivity index (χ3v) is 4.05. The first-order valence-electron chi connectivity index (χ1n) is 6.39. The molecule has 1 heterocycles. The van der Waals surface area contributed by atoms with E-state index in [0.717, 1.165) is 38.6 Å². The van der Waals surface area contributed by atoms with E-state index in [1.165, 1.54) is 6.42 Å². The predicted molar refractivity (Wildman–Crippen MR) is 61.8 cm³/mol. The number of carbonyl (C=O) groups is 1. The molecule has 92 valence electrons. The van der Waals surface area contributed by atoms with Crippen molar-refractivity contribution < 1.29 is 9.90 Å². The van der Waals surface area contributed by atoms with Crippen molar-refractivity contribution in [2.75, 3.05) is 13.1 Å². The third-order valence-electron chi connectivity index (χ3n) is 4.05. The van der Waals surface area contributed by atoms with E-state index in [1.54, 1.807) is 0 Å². The number of likely N-dealkylation sites (tertiary alicyclic amines) is 1. The highest BCUT2D eigenvalue weighted by atomic mass is 16.3. The first-order chi connectivity index (χ1) is 7.68. The molecule has 0 aromatic heterocycles. The monoisotopic (exact) mass is 226 g/mol. The molecule has 1 saturated heterocycles. The summed E-state index contributed by atoms with van der Waals surface area (Å²) in [5.74, 6) is 0.110. The van der Waals surface area contributed by atoms with Crippen molar-refractivity contribution in [2.45, 2.75) is 50.7 Å². The Morgan fingerprint density at radius 2 is 2.06 bits per heavy atom. The van der Waals surface area contributed by atoms with E-state index in [-0.39, 0.29) is 12.0 Å². The fourth-order valence-corrected chi connectivity index (χ4v) is 3.32. The number of hydrogen-bond acceptors (Lipinski definition) is 3. The second-order valence-electron chi connectivity index (χ2n) is 5.16. The molecule has 3 unspecified atom stereocenters. The Bertz CT molecular complexity index is 257. The van der Waals surface area contributed by atoms with Crippen LogP contribution < -0.4 is 5.73 Å². The maximum Gasteiger partial charge on any atom is 0.231 e. The number of piperidine rings is 1. The first kappa shape index (κ1) is 11.9. The lowest BCUT2D eigenvalue weighted by Crippen LogP contribution is -2.49. The van der Waals surface area contributed by atoms with E-state index in [1.807, 2.05) is 0 Å². The number of nitrogens with two attached hydrogens (primary N) is 1. The zero-order chi connectivity index (χ0) is 11.5. The molecule has 0 spiro atoms. The van der Waals surface area contributed by atoms with Gasteiger partial charge in [0.2, 0.25) is 5.91 Å². The molecule has 2 aliphatic rings. The van der Waals surface area contributed by atoms with Gasteiger partial charge in [-0.3, -0.25) is 9.69 Å². The molecular formula is C12H22N2O2. The largest absolute Gasteiger partial charge is 0.393 e. The summed E-state index contributed by atoms with van der Waals surface area (Å²) in [7, 11) is 0. The molecule has 1 saturated carbocycles. The second kappa shape index (κ2) is 5.15. The fraction of sp³-hybridized carbons (Fsp3) is 0.917. The zero-order valence-electron chi connectivity index (χ0n) is 9.77. The van der Waals surface area contributed by atoms with Crippen LogP contribution in [-0.2, 0) is 4.79 Å². The molecule has 0 aromatic carbocycles. The number of hydrogen-bond donors (Lipinski definition) is 2. The van der Waals surface area contributed by atoms with Crippen molar-refractivity contribution in [3.05, 3.63) is 0 Å². The minimum absolute atomic E-state index is 0.168. The Morgan fingerprint density at radius 3 is 2.69 bits per heavy atom. The van der Waals surface area contributed by atoms with Crippen molar-refractivity contribution in [1.29, 1.82) is 0 Å². The second-order valence-corrected chi connectivity index (χ2v) is 5.16. The molecule has 16 heavy (non-hydrogen) atoms. The highest BCUT2D eigenvalue weighted by Crippen LogP contribution is 2.34. The van der Waals surface area contributed by atoms with Crippen LogP contribution in [0.2, 0.25) is 0 Å². The Labute approximate surface area is 96.8 Å². The SMILES string of the molecule is NC(=O)CN1CCCCC1C1CCCC1O. The molecule has 1 aliphatic heterocycles. The Hall–Kier alpha value is -0.610. The molecule has 2 fully saturated rings. The van der Waals surface area contributed by atoms with Crippen LogP contribution in [0, 0.1) is 5.92 Å². The molecular weight excluding hydrogens is 204 g/mol. The Morgan fingerprint density at radius 1 is 1.25 bits per heavy atom. The van der Waals surface area contributed by atoms with Crippen molar-refractivity contribution in [3.63, 3.8) is 0 Å². The third kappa shape index (κ3) is 2.55. The van der Waals surface area contributed by atoms with Gasteiger partial charge in [0.05, 0.1) is 12.6 Å². The number of amides is 1. The molecule has 4 heteroatoms. The molecule has 0 aromatic rings. The van der Waals surface area contributed by atoms with Gasteiger partial charge in [0.25, 0.3) is 0 Å². The van der Waals surface area contributed by atoms with Crippen molar-refractivity contribution >= 4 is 5.91 Å². The van der Waals surface area contributed by atoms with E-state index in [9.17, 15) is 9.90 Å². The lowest BCUT2D eigenvalue weighted by molar-refractivity contribution is -0.120. The van der Waals surface area contributed by atoms with Gasteiger partial charge in [0.1, 0.15) is 0 Å². The normalized spacial score (nSPS) is 36.4. The molecule has 0 radical (unpaired) electrons. The lowest BCUT2D eigenvalue weighted by Gasteiger charge is -2.39. The summed E-state index contributed by atoms with van der Waals surface area (Å²) in [6.45, 7) is 1.31. The Kier molecular flexibility index (Phi) is 3.82. The molecule has 1 aliphatic carbocycles. The van der Waals surface area contributed by atoms with Crippen LogP contribution in [-0.4, -0.2) is 41.1 Å². The number of nitrogens with zero attached hydrogens (tertiary/aromatic N) is 1. The topological polar surface area (TPSA) is 66.6 Å². The molecule has 3 N–H and O–H groups in total. The number of aliphatic hydroxyl groups is 1. The van der Waals surface area contributed by atoms with Crippen LogP contribution >= 0.6 is 0 Å². The fourth-order valence-electron chi connectivity index (χ4n) is 3.32.